The van der Waals surface area contributed by atoms with E-state index in [0.717, 1.165) is 32.4 Å². The van der Waals surface area contributed by atoms with Gasteiger partial charge in [0.25, 0.3) is 0 Å². The predicted molar refractivity (Wildman–Crippen MR) is 137 cm³/mol. The molecule has 0 aliphatic heterocycles. The predicted octanol–water partition coefficient (Wildman–Crippen LogP) is 7.13. The Kier molecular flexibility index (Phi) is 7.26. The Morgan fingerprint density at radius 3 is 2.09 bits per heavy atom. The van der Waals surface area contributed by atoms with Gasteiger partial charge in [-0.15, -0.1) is 0 Å². The molecule has 3 atom stereocenters. The molecule has 0 aliphatic carbocycles. The molecule has 0 saturated heterocycles. The van der Waals surface area contributed by atoms with Crippen molar-refractivity contribution in [2.75, 3.05) is 12.4 Å². The van der Waals surface area contributed by atoms with E-state index >= 15 is 0 Å². The molecule has 0 spiro atoms. The summed E-state index contributed by atoms with van der Waals surface area (Å²) in [7, 11) is 0.414. The van der Waals surface area contributed by atoms with Gasteiger partial charge in [-0.1, -0.05) is 73.2 Å². The summed E-state index contributed by atoms with van der Waals surface area (Å²) in [6.45, 7) is 4.23. The molecule has 1 N–H and O–H groups in total. The summed E-state index contributed by atoms with van der Waals surface area (Å²) >= 11 is 0. The van der Waals surface area contributed by atoms with Crippen LogP contribution in [0.25, 0.3) is 0 Å². The molecule has 4 rings (SSSR count). The smallest absolute Gasteiger partial charge is 0.119 e. The molecular weight excluding hydrogens is 426 g/mol. The van der Waals surface area contributed by atoms with E-state index in [0.29, 0.717) is 0 Å². The van der Waals surface area contributed by atoms with Crippen molar-refractivity contribution in [1.82, 2.24) is 0 Å². The van der Waals surface area contributed by atoms with Gasteiger partial charge < -0.3 is 10.1 Å². The van der Waals surface area contributed by atoms with Gasteiger partial charge in [0, 0.05) is 21.4 Å². The van der Waals surface area contributed by atoms with E-state index < -0.39 is 10.8 Å². The molecule has 3 nitrogen and oxygen atoms in total. The minimum Gasteiger partial charge on any atom is -0.497 e. The Hall–Kier alpha value is -3.37. The first-order valence-corrected chi connectivity index (χ1v) is 12.2. The highest BCUT2D eigenvalue weighted by atomic mass is 32.2. The monoisotopic (exact) mass is 455 g/mol. The van der Waals surface area contributed by atoms with Gasteiger partial charge in [0.1, 0.15) is 5.75 Å². The summed E-state index contributed by atoms with van der Waals surface area (Å²) in [5.74, 6) is 0.892. The van der Waals surface area contributed by atoms with E-state index in [9.17, 15) is 4.21 Å². The van der Waals surface area contributed by atoms with Crippen LogP contribution in [0, 0.1) is 6.92 Å². The number of hydrogen-bond donors (Lipinski definition) is 1. The summed E-state index contributed by atoms with van der Waals surface area (Å²) in [4.78, 5) is 1.67. The number of ether oxygens (including phenoxy) is 1. The van der Waals surface area contributed by atoms with E-state index in [2.05, 4.69) is 42.6 Å². The number of anilines is 1. The number of nitrogens with one attached hydrogen (secondary N) is 1. The Bertz CT molecular complexity index is 1200. The second-order valence-corrected chi connectivity index (χ2v) is 9.62. The van der Waals surface area contributed by atoms with Crippen LogP contribution in [0.4, 0.5) is 5.69 Å². The zero-order valence-corrected chi connectivity index (χ0v) is 20.0. The lowest BCUT2D eigenvalue weighted by molar-refractivity contribution is 0.415. The molecule has 0 aromatic heterocycles. The molecule has 4 aromatic rings. The molecule has 168 valence electrons. The maximum atomic E-state index is 13.5. The summed E-state index contributed by atoms with van der Waals surface area (Å²) in [6, 6.07) is 34.4. The van der Waals surface area contributed by atoms with Crippen molar-refractivity contribution in [3.63, 3.8) is 0 Å². The maximum Gasteiger partial charge on any atom is 0.119 e. The largest absolute Gasteiger partial charge is 0.497 e. The molecule has 4 heteroatoms. The molecule has 0 fully saturated rings. The van der Waals surface area contributed by atoms with Gasteiger partial charge in [0.05, 0.1) is 24.0 Å². The van der Waals surface area contributed by atoms with Crippen molar-refractivity contribution in [3.8, 4) is 5.75 Å². The van der Waals surface area contributed by atoms with Gasteiger partial charge in [-0.05, 0) is 60.5 Å². The first-order chi connectivity index (χ1) is 16.1. The van der Waals surface area contributed by atoms with Gasteiger partial charge in [0.15, 0.2) is 0 Å². The molecule has 0 amide bonds. The van der Waals surface area contributed by atoms with Gasteiger partial charge in [-0.2, -0.15) is 0 Å². The summed E-state index contributed by atoms with van der Waals surface area (Å²) in [5.41, 5.74) is 4.42. The molecule has 1 unspecified atom stereocenters. The third-order valence-corrected chi connectivity index (χ3v) is 7.39. The number of methoxy groups -OCH3 is 1. The van der Waals surface area contributed by atoms with Crippen molar-refractivity contribution < 1.29 is 8.95 Å². The fourth-order valence-electron chi connectivity index (χ4n) is 4.02. The van der Waals surface area contributed by atoms with E-state index in [4.69, 9.17) is 4.74 Å². The lowest BCUT2D eigenvalue weighted by atomic mass is 9.88. The van der Waals surface area contributed by atoms with Gasteiger partial charge in [-0.25, -0.2) is 4.21 Å². The fourth-order valence-corrected chi connectivity index (χ4v) is 5.33. The zero-order chi connectivity index (χ0) is 23.2. The Morgan fingerprint density at radius 2 is 1.42 bits per heavy atom. The second kappa shape index (κ2) is 10.5. The van der Waals surface area contributed by atoms with Crippen LogP contribution < -0.4 is 10.1 Å². The SMILES string of the molecule is COc1ccc(N[C@@H](c2ccccc2)[C@@H](C)c2ccccc2S(=O)c2ccc(C)cc2)cc1. The number of hydrogen-bond acceptors (Lipinski definition) is 3. The van der Waals surface area contributed by atoms with Crippen LogP contribution in [-0.2, 0) is 10.8 Å². The average Bonchev–Trinajstić information content (AvgIpc) is 2.88. The van der Waals surface area contributed by atoms with Crippen LogP contribution in [0.2, 0.25) is 0 Å². The van der Waals surface area contributed by atoms with Gasteiger partial charge >= 0.3 is 0 Å². The average molecular weight is 456 g/mol. The van der Waals surface area contributed by atoms with Crippen LogP contribution >= 0.6 is 0 Å². The van der Waals surface area contributed by atoms with E-state index in [1.807, 2.05) is 79.7 Å². The van der Waals surface area contributed by atoms with Gasteiger partial charge in [0.2, 0.25) is 0 Å². The molecule has 0 heterocycles. The number of rotatable bonds is 8. The molecule has 0 aliphatic rings. The van der Waals surface area contributed by atoms with Crippen LogP contribution in [-0.4, -0.2) is 11.3 Å². The third kappa shape index (κ3) is 5.35. The minimum absolute atomic E-state index is 0.00392. The van der Waals surface area contributed by atoms with E-state index in [1.165, 1.54) is 5.56 Å². The van der Waals surface area contributed by atoms with Crippen molar-refractivity contribution in [2.24, 2.45) is 0 Å². The third-order valence-electron chi connectivity index (χ3n) is 5.92. The quantitative estimate of drug-likeness (QED) is 0.307. The number of aryl methyl sites for hydroxylation is 1. The second-order valence-electron chi connectivity index (χ2n) is 8.17. The first-order valence-electron chi connectivity index (χ1n) is 11.1. The van der Waals surface area contributed by atoms with Crippen molar-refractivity contribution in [3.05, 3.63) is 120 Å². The molecule has 0 radical (unpaired) electrons. The molecule has 0 saturated carbocycles. The van der Waals surface area contributed by atoms with Crippen LogP contribution in [0.15, 0.2) is 113 Å². The van der Waals surface area contributed by atoms with Crippen LogP contribution in [0.1, 0.15) is 35.6 Å². The fraction of sp³-hybridized carbons (Fsp3) is 0.172. The molecule has 4 aromatic carbocycles. The van der Waals surface area contributed by atoms with Crippen molar-refractivity contribution >= 4 is 16.5 Å². The number of benzene rings is 4. The molecular formula is C29H29NO2S. The Morgan fingerprint density at radius 1 is 0.788 bits per heavy atom. The lowest BCUT2D eigenvalue weighted by Gasteiger charge is -2.28. The summed E-state index contributed by atoms with van der Waals surface area (Å²) in [5, 5.41) is 3.70. The Labute approximate surface area is 198 Å². The van der Waals surface area contributed by atoms with E-state index in [-0.39, 0.29) is 12.0 Å². The van der Waals surface area contributed by atoms with Crippen molar-refractivity contribution in [2.45, 2.75) is 35.6 Å². The highest BCUT2D eigenvalue weighted by Crippen LogP contribution is 2.37. The normalized spacial score (nSPS) is 13.7. The van der Waals surface area contributed by atoms with Crippen LogP contribution in [0.3, 0.4) is 0 Å². The lowest BCUT2D eigenvalue weighted by Crippen LogP contribution is -2.19. The van der Waals surface area contributed by atoms with Gasteiger partial charge in [-0.3, -0.25) is 0 Å². The molecule has 0 bridgehead atoms. The standard InChI is InChI=1S/C29H29NO2S/c1-21-13-19-26(20-14-21)33(31)28-12-8-7-11-27(28)22(2)29(23-9-5-4-6-10-23)30-24-15-17-25(32-3)18-16-24/h4-20,22,29-30H,1-3H3/t22-,29+,33?/m0/s1. The van der Waals surface area contributed by atoms with Crippen LogP contribution in [0.5, 0.6) is 5.75 Å². The topological polar surface area (TPSA) is 38.3 Å². The van der Waals surface area contributed by atoms with Crippen molar-refractivity contribution in [1.29, 1.82) is 0 Å². The van der Waals surface area contributed by atoms with E-state index in [1.54, 1.807) is 7.11 Å². The highest BCUT2D eigenvalue weighted by Gasteiger charge is 2.25. The first kappa shape index (κ1) is 22.8. The maximum absolute atomic E-state index is 13.5. The summed E-state index contributed by atoms with van der Waals surface area (Å²) < 4.78 is 18.9. The molecule has 33 heavy (non-hydrogen) atoms. The minimum atomic E-state index is -1.26. The summed E-state index contributed by atoms with van der Waals surface area (Å²) in [6.07, 6.45) is 0. The zero-order valence-electron chi connectivity index (χ0n) is 19.2. The Balaban J connectivity index is 1.71. The highest BCUT2D eigenvalue weighted by molar-refractivity contribution is 7.85.